The zero-order valence-corrected chi connectivity index (χ0v) is 59.6. The number of aromatic amines is 1. The lowest BCUT2D eigenvalue weighted by molar-refractivity contribution is -0.383. The fourth-order valence-corrected chi connectivity index (χ4v) is 13.3. The molecule has 110 heavy (non-hydrogen) atoms. The van der Waals surface area contributed by atoms with E-state index in [1.807, 2.05) is 55.7 Å². The summed E-state index contributed by atoms with van der Waals surface area (Å²) in [6, 6.07) is 25.8. The molecule has 0 saturated heterocycles. The lowest BCUT2D eigenvalue weighted by atomic mass is 10.0. The number of hydrogen-bond acceptors (Lipinski definition) is 21. The summed E-state index contributed by atoms with van der Waals surface area (Å²) in [7, 11) is 3.63. The number of nitrogens with two attached hydrogens (primary N) is 3. The summed E-state index contributed by atoms with van der Waals surface area (Å²) in [4.78, 5) is 98.4. The highest BCUT2D eigenvalue weighted by atomic mass is 19.1. The van der Waals surface area contributed by atoms with Gasteiger partial charge in [0.05, 0.1) is 102 Å². The average molecular weight is 1490 g/mol. The standard InChI is InChI=1S/C28H24FN7O2.C23H20FN5O4.C23H22FN5O2.C5H6N2O/c1-35-14-19(13-32-35)26-33-25-21(6-7-30-27(25)34-26)17-4-5-20(31-12-17)15-36-8-9-38-23-11-18(16-2-3-16)10-22(29)24(23)28(36)37;24-18-9-15(13-1-2-13)10-19-20(18)23(30)28(7-8-33-19)12-16-4-3-14(11-27-16)17-5-6-26-22(25)21(17)29(31)32;24-18-9-15(13-1-2-13)10-19-20(18)23(30)29(7-8-31-19)12-16-4-3-14(11-28-16)17-5-6-27-22(26)21(17)25;1-7-3-5(4-8)2-6-7/h4-7,10-14,16H,2-3,8-9,15H2,1H3,(H,30,33,34);3-6,9-11,13H,1-2,7-8,12H2,(H2,25,26);3-6,9-11,13H,1-2,7-8,12,25H2,(H2,26,27);2-4H,1H3. The molecule has 31 heteroatoms. The number of aryl methyl sites for hydroxylation is 2. The van der Waals surface area contributed by atoms with Gasteiger partial charge < -0.3 is 51.1 Å². The van der Waals surface area contributed by atoms with Crippen molar-refractivity contribution in [1.82, 2.24) is 74.1 Å². The van der Waals surface area contributed by atoms with E-state index in [1.165, 1.54) is 47.8 Å². The van der Waals surface area contributed by atoms with Crippen LogP contribution < -0.4 is 31.4 Å². The number of nitrogens with one attached hydrogen (secondary N) is 1. The first-order valence-corrected chi connectivity index (χ1v) is 35.6. The SMILES string of the molecule is Cn1cc(-c2nc3nccc(-c4ccc(CN5CCOc6cc(C7CC7)cc(F)c6C5=O)nc4)c3[nH]2)cn1.Cn1cc(C=O)cn1.Nc1nccc(-c2ccc(CN3CCOc4cc(C5CC5)cc(F)c4C3=O)nc2)c1N.Nc1nccc(-c2ccc(CN3CCOc4cc(C5CC5)cc(F)c4C3=O)nc2)c1[N+](=O)[O-]. The molecule has 3 aliphatic carbocycles. The van der Waals surface area contributed by atoms with Crippen LogP contribution in [0.3, 0.4) is 0 Å². The molecule has 9 aromatic heterocycles. The molecule has 0 spiro atoms. The van der Waals surface area contributed by atoms with Gasteiger partial charge in [0.25, 0.3) is 17.7 Å². The summed E-state index contributed by atoms with van der Waals surface area (Å²) in [5, 5.41) is 19.4. The molecule has 0 atom stereocenters. The van der Waals surface area contributed by atoms with Crippen LogP contribution in [0.15, 0.2) is 153 Å². The van der Waals surface area contributed by atoms with Gasteiger partial charge in [-0.1, -0.05) is 18.2 Å². The van der Waals surface area contributed by atoms with Gasteiger partial charge in [0.2, 0.25) is 5.82 Å². The topological polar surface area (TPSA) is 369 Å². The third-order valence-electron chi connectivity index (χ3n) is 19.6. The summed E-state index contributed by atoms with van der Waals surface area (Å²) in [5.74, 6) is 0.0197. The summed E-state index contributed by atoms with van der Waals surface area (Å²) in [5.41, 5.74) is 29.2. The predicted molar refractivity (Wildman–Crippen MR) is 399 cm³/mol. The van der Waals surface area contributed by atoms with Crippen molar-refractivity contribution in [3.05, 3.63) is 237 Å². The molecule has 3 fully saturated rings. The Balaban J connectivity index is 0.000000125. The maximum Gasteiger partial charge on any atom is 0.318 e. The zero-order valence-electron chi connectivity index (χ0n) is 59.6. The van der Waals surface area contributed by atoms with Gasteiger partial charge in [-0.05, 0) is 146 Å². The van der Waals surface area contributed by atoms with Crippen molar-refractivity contribution in [3.63, 3.8) is 0 Å². The molecule has 7 N–H and O–H groups in total. The van der Waals surface area contributed by atoms with Crippen LogP contribution in [0.25, 0.3) is 55.9 Å². The molecular weight excluding hydrogens is 1420 g/mol. The van der Waals surface area contributed by atoms with E-state index in [0.717, 1.165) is 94.8 Å². The van der Waals surface area contributed by atoms with Gasteiger partial charge in [0.1, 0.15) is 82.9 Å². The van der Waals surface area contributed by atoms with E-state index in [1.54, 1.807) is 87.7 Å². The fourth-order valence-electron chi connectivity index (χ4n) is 13.3. The molecule has 12 heterocycles. The van der Waals surface area contributed by atoms with Crippen LogP contribution >= 0.6 is 0 Å². The number of anilines is 3. The molecule has 3 aliphatic heterocycles. The number of carbonyl (C=O) groups excluding carboxylic acids is 4. The minimum Gasteiger partial charge on any atom is -0.491 e. The van der Waals surface area contributed by atoms with E-state index < -0.39 is 28.3 Å². The third-order valence-corrected chi connectivity index (χ3v) is 19.6. The molecule has 12 aromatic rings. The van der Waals surface area contributed by atoms with Gasteiger partial charge in [-0.2, -0.15) is 10.2 Å². The van der Waals surface area contributed by atoms with Crippen LogP contribution in [-0.2, 0) is 33.7 Å². The molecule has 0 bridgehead atoms. The first kappa shape index (κ1) is 72.1. The number of H-pyrrole nitrogens is 1. The molecule has 3 aromatic carbocycles. The molecule has 28 nitrogen and oxygen atoms in total. The Morgan fingerprint density at radius 1 is 0.518 bits per heavy atom. The molecule has 0 unspecified atom stereocenters. The molecule has 0 radical (unpaired) electrons. The molecule has 18 rings (SSSR count). The smallest absolute Gasteiger partial charge is 0.318 e. The lowest BCUT2D eigenvalue weighted by Gasteiger charge is -2.20. The van der Waals surface area contributed by atoms with Gasteiger partial charge in [-0.15, -0.1) is 0 Å². The first-order chi connectivity index (χ1) is 53.3. The van der Waals surface area contributed by atoms with Crippen LogP contribution in [-0.4, -0.2) is 143 Å². The number of imidazole rings is 1. The quantitative estimate of drug-likeness (QED) is 0.0421. The number of fused-ring (bicyclic) bond motifs is 4. The van der Waals surface area contributed by atoms with Gasteiger partial charge in [-0.25, -0.2) is 33.1 Å². The van der Waals surface area contributed by atoms with Crippen molar-refractivity contribution >= 4 is 58.2 Å². The van der Waals surface area contributed by atoms with Crippen molar-refractivity contribution < 1.29 is 51.5 Å². The van der Waals surface area contributed by atoms with Crippen molar-refractivity contribution in [2.24, 2.45) is 14.1 Å². The Hall–Kier alpha value is -13.5. The minimum atomic E-state index is -0.581. The Morgan fingerprint density at radius 3 is 1.34 bits per heavy atom. The second-order valence-electron chi connectivity index (χ2n) is 27.4. The Bertz CT molecular complexity index is 5530. The highest BCUT2D eigenvalue weighted by Gasteiger charge is 2.36. The molecule has 6 aliphatic rings. The Labute approximate surface area is 626 Å². The highest BCUT2D eigenvalue weighted by Crippen LogP contribution is 2.46. The average Bonchev–Trinajstić information content (AvgIpc) is 1.57. The fraction of sp³-hybridized carbons (Fsp3) is 0.253. The van der Waals surface area contributed by atoms with Gasteiger partial charge >= 0.3 is 5.69 Å². The van der Waals surface area contributed by atoms with Crippen molar-refractivity contribution in [3.8, 4) is 62.0 Å². The number of aldehydes is 1. The normalized spacial score (nSPS) is 15.1. The molecule has 3 saturated carbocycles. The number of nitrogen functional groups attached to an aromatic ring is 3. The second-order valence-corrected chi connectivity index (χ2v) is 27.4. The number of carbonyl (C=O) groups is 4. The van der Waals surface area contributed by atoms with E-state index in [4.69, 9.17) is 31.4 Å². The number of nitro groups is 1. The van der Waals surface area contributed by atoms with Gasteiger partial charge in [0, 0.05) is 91.5 Å². The zero-order chi connectivity index (χ0) is 76.4. The number of rotatable bonds is 15. The third kappa shape index (κ3) is 15.7. The second kappa shape index (κ2) is 30.8. The largest absolute Gasteiger partial charge is 0.491 e. The predicted octanol–water partition coefficient (Wildman–Crippen LogP) is 11.7. The van der Waals surface area contributed by atoms with Crippen LogP contribution in [0, 0.1) is 27.6 Å². The molecular formula is C79H72F3N19O9. The van der Waals surface area contributed by atoms with Crippen LogP contribution in [0.2, 0.25) is 0 Å². The maximum atomic E-state index is 15.0. The Morgan fingerprint density at radius 2 is 0.936 bits per heavy atom. The first-order valence-electron chi connectivity index (χ1n) is 35.6. The molecule has 558 valence electrons. The van der Waals surface area contributed by atoms with E-state index in [-0.39, 0.29) is 84.4 Å². The van der Waals surface area contributed by atoms with Gasteiger partial charge in [-0.3, -0.25) is 53.6 Å². The Kier molecular flexibility index (Phi) is 20.2. The van der Waals surface area contributed by atoms with E-state index in [0.29, 0.717) is 106 Å². The van der Waals surface area contributed by atoms with Crippen molar-refractivity contribution in [2.45, 2.75) is 75.9 Å². The number of nitrogens with zero attached hydrogens (tertiary/aromatic N) is 15. The van der Waals surface area contributed by atoms with E-state index in [2.05, 4.69) is 50.1 Å². The summed E-state index contributed by atoms with van der Waals surface area (Å²) in [6.07, 6.45) is 23.5. The van der Waals surface area contributed by atoms with E-state index in [9.17, 15) is 42.5 Å². The van der Waals surface area contributed by atoms with Crippen LogP contribution in [0.5, 0.6) is 17.2 Å². The number of hydrogen-bond donors (Lipinski definition) is 4. The number of ether oxygens (including phenoxy) is 3. The summed E-state index contributed by atoms with van der Waals surface area (Å²) < 4.78 is 65.2. The van der Waals surface area contributed by atoms with Crippen LogP contribution in [0.4, 0.5) is 36.2 Å². The van der Waals surface area contributed by atoms with Crippen molar-refractivity contribution in [1.29, 1.82) is 0 Å². The summed E-state index contributed by atoms with van der Waals surface area (Å²) >= 11 is 0. The number of amides is 3. The summed E-state index contributed by atoms with van der Waals surface area (Å²) in [6.45, 7) is 2.48. The van der Waals surface area contributed by atoms with Crippen LogP contribution in [0.1, 0.15) is 131 Å². The number of halogens is 3. The number of aromatic nitrogens is 12. The highest BCUT2D eigenvalue weighted by molar-refractivity contribution is 5.99. The number of pyridine rings is 6. The monoisotopic (exact) mass is 1490 g/mol. The maximum absolute atomic E-state index is 15.0. The van der Waals surface area contributed by atoms with Crippen molar-refractivity contribution in [2.75, 3.05) is 56.7 Å². The molecule has 3 amide bonds. The van der Waals surface area contributed by atoms with E-state index >= 15 is 0 Å². The minimum absolute atomic E-state index is 0.00134. The van der Waals surface area contributed by atoms with Gasteiger partial charge in [0.15, 0.2) is 11.9 Å². The number of benzene rings is 3. The lowest BCUT2D eigenvalue weighted by Crippen LogP contribution is -2.32.